The minimum atomic E-state index is 0.0514. The van der Waals surface area contributed by atoms with Crippen LogP contribution in [0.25, 0.3) is 0 Å². The van der Waals surface area contributed by atoms with Crippen LogP contribution < -0.4 is 9.47 Å². The molecule has 21 heavy (non-hydrogen) atoms. The van der Waals surface area contributed by atoms with Gasteiger partial charge in [-0.1, -0.05) is 6.92 Å². The second-order valence-electron chi connectivity index (χ2n) is 5.90. The van der Waals surface area contributed by atoms with Gasteiger partial charge in [0.1, 0.15) is 0 Å². The number of carbonyl (C=O) groups is 1. The van der Waals surface area contributed by atoms with Gasteiger partial charge in [-0.3, -0.25) is 4.79 Å². The molecule has 0 spiro atoms. The van der Waals surface area contributed by atoms with Crippen molar-refractivity contribution in [2.24, 2.45) is 5.92 Å². The Labute approximate surface area is 127 Å². The van der Waals surface area contributed by atoms with Gasteiger partial charge in [-0.2, -0.15) is 0 Å². The van der Waals surface area contributed by atoms with Gasteiger partial charge in [0.15, 0.2) is 11.5 Å². The third-order valence-electron chi connectivity index (χ3n) is 4.48. The van der Waals surface area contributed by atoms with Crippen LogP contribution in [0.1, 0.15) is 43.0 Å². The molecule has 0 bridgehead atoms. The van der Waals surface area contributed by atoms with Crippen molar-refractivity contribution < 1.29 is 14.3 Å². The summed E-state index contributed by atoms with van der Waals surface area (Å²) in [4.78, 5) is 14.5. The highest BCUT2D eigenvalue weighted by atomic mass is 16.5. The molecule has 1 aliphatic rings. The summed E-state index contributed by atoms with van der Waals surface area (Å²) in [5.74, 6) is 2.07. The van der Waals surface area contributed by atoms with Gasteiger partial charge in [0.05, 0.1) is 14.2 Å². The van der Waals surface area contributed by atoms with Crippen molar-refractivity contribution >= 4 is 5.91 Å². The number of hydrogen-bond donors (Lipinski definition) is 0. The van der Waals surface area contributed by atoms with Crippen molar-refractivity contribution in [1.82, 2.24) is 4.90 Å². The molecule has 1 aliphatic carbocycles. The maximum Gasteiger partial charge on any atom is 0.253 e. The average molecular weight is 291 g/mol. The molecule has 0 radical (unpaired) electrons. The van der Waals surface area contributed by atoms with E-state index in [1.165, 1.54) is 12.8 Å². The van der Waals surface area contributed by atoms with E-state index in [0.29, 0.717) is 23.1 Å². The number of benzene rings is 1. The molecule has 4 heteroatoms. The van der Waals surface area contributed by atoms with E-state index in [4.69, 9.17) is 9.47 Å². The number of rotatable bonds is 4. The van der Waals surface area contributed by atoms with E-state index in [-0.39, 0.29) is 5.91 Å². The number of ether oxygens (including phenoxy) is 2. The lowest BCUT2D eigenvalue weighted by Gasteiger charge is -2.33. The van der Waals surface area contributed by atoms with Crippen molar-refractivity contribution in [2.45, 2.75) is 38.6 Å². The lowest BCUT2D eigenvalue weighted by molar-refractivity contribution is 0.0679. The van der Waals surface area contributed by atoms with E-state index in [1.54, 1.807) is 32.4 Å². The molecule has 116 valence electrons. The third kappa shape index (κ3) is 3.49. The van der Waals surface area contributed by atoms with Gasteiger partial charge in [-0.05, 0) is 49.8 Å². The molecule has 0 atom stereocenters. The van der Waals surface area contributed by atoms with Gasteiger partial charge >= 0.3 is 0 Å². The maximum absolute atomic E-state index is 12.6. The minimum Gasteiger partial charge on any atom is -0.493 e. The van der Waals surface area contributed by atoms with Crippen LogP contribution in [0.2, 0.25) is 0 Å². The number of hydrogen-bond acceptors (Lipinski definition) is 3. The molecule has 1 saturated carbocycles. The molecular formula is C17H25NO3. The molecule has 0 N–H and O–H groups in total. The van der Waals surface area contributed by atoms with Crippen molar-refractivity contribution in [2.75, 3.05) is 21.3 Å². The van der Waals surface area contributed by atoms with Crippen LogP contribution >= 0.6 is 0 Å². The van der Waals surface area contributed by atoms with E-state index in [2.05, 4.69) is 6.92 Å². The Bertz CT molecular complexity index is 493. The van der Waals surface area contributed by atoms with Crippen molar-refractivity contribution in [3.05, 3.63) is 23.8 Å². The SMILES string of the molecule is COc1ccc(C(=O)N(C)C2CCC(C)CC2)cc1OC. The summed E-state index contributed by atoms with van der Waals surface area (Å²) in [6, 6.07) is 5.68. The maximum atomic E-state index is 12.6. The van der Waals surface area contributed by atoms with Crippen LogP contribution in [0.5, 0.6) is 11.5 Å². The Kier molecular flexibility index (Phi) is 5.10. The average Bonchev–Trinajstić information content (AvgIpc) is 2.53. The standard InChI is InChI=1S/C17H25NO3/c1-12-5-8-14(9-6-12)18(2)17(19)13-7-10-15(20-3)16(11-13)21-4/h7,10-12,14H,5-6,8-9H2,1-4H3. The lowest BCUT2D eigenvalue weighted by Crippen LogP contribution is -2.39. The summed E-state index contributed by atoms with van der Waals surface area (Å²) >= 11 is 0. The van der Waals surface area contributed by atoms with Crippen LogP contribution in [0.3, 0.4) is 0 Å². The molecule has 1 aromatic rings. The number of nitrogens with zero attached hydrogens (tertiary/aromatic N) is 1. The molecular weight excluding hydrogens is 266 g/mol. The zero-order valence-electron chi connectivity index (χ0n) is 13.4. The van der Waals surface area contributed by atoms with Gasteiger partial charge in [0.2, 0.25) is 0 Å². The second kappa shape index (κ2) is 6.83. The molecule has 1 fully saturated rings. The molecule has 0 aliphatic heterocycles. The first-order valence-electron chi connectivity index (χ1n) is 7.56. The number of carbonyl (C=O) groups excluding carboxylic acids is 1. The zero-order chi connectivity index (χ0) is 15.4. The van der Waals surface area contributed by atoms with E-state index < -0.39 is 0 Å². The quantitative estimate of drug-likeness (QED) is 0.854. The summed E-state index contributed by atoms with van der Waals surface area (Å²) in [7, 11) is 5.08. The molecule has 0 unspecified atom stereocenters. The first-order valence-corrected chi connectivity index (χ1v) is 7.56. The van der Waals surface area contributed by atoms with Gasteiger partial charge in [-0.15, -0.1) is 0 Å². The smallest absolute Gasteiger partial charge is 0.253 e. The summed E-state index contributed by atoms with van der Waals surface area (Å²) < 4.78 is 10.5. The van der Waals surface area contributed by atoms with Crippen LogP contribution in [-0.2, 0) is 0 Å². The highest BCUT2D eigenvalue weighted by Crippen LogP contribution is 2.30. The van der Waals surface area contributed by atoms with Crippen LogP contribution in [0.4, 0.5) is 0 Å². The van der Waals surface area contributed by atoms with Gasteiger partial charge in [-0.25, -0.2) is 0 Å². The molecule has 1 aromatic carbocycles. The molecule has 0 saturated heterocycles. The second-order valence-corrected chi connectivity index (χ2v) is 5.90. The Balaban J connectivity index is 2.12. The van der Waals surface area contributed by atoms with Gasteiger partial charge in [0.25, 0.3) is 5.91 Å². The van der Waals surface area contributed by atoms with Gasteiger partial charge in [0, 0.05) is 18.7 Å². The normalized spacial score (nSPS) is 21.7. The van der Waals surface area contributed by atoms with E-state index in [0.717, 1.165) is 18.8 Å². The monoisotopic (exact) mass is 291 g/mol. The molecule has 1 amide bonds. The predicted octanol–water partition coefficient (Wildman–Crippen LogP) is 3.35. The third-order valence-corrected chi connectivity index (χ3v) is 4.48. The predicted molar refractivity (Wildman–Crippen MR) is 83.1 cm³/mol. The summed E-state index contributed by atoms with van der Waals surface area (Å²) in [6.07, 6.45) is 4.59. The summed E-state index contributed by atoms with van der Waals surface area (Å²) in [6.45, 7) is 2.28. The van der Waals surface area contributed by atoms with E-state index in [9.17, 15) is 4.79 Å². The molecule has 2 rings (SSSR count). The highest BCUT2D eigenvalue weighted by molar-refractivity contribution is 5.95. The van der Waals surface area contributed by atoms with E-state index in [1.807, 2.05) is 11.9 Å². The lowest BCUT2D eigenvalue weighted by atomic mass is 9.86. The fourth-order valence-electron chi connectivity index (χ4n) is 2.97. The first-order chi connectivity index (χ1) is 10.1. The fraction of sp³-hybridized carbons (Fsp3) is 0.588. The number of methoxy groups -OCH3 is 2. The van der Waals surface area contributed by atoms with Crippen molar-refractivity contribution in [3.8, 4) is 11.5 Å². The number of amides is 1. The highest BCUT2D eigenvalue weighted by Gasteiger charge is 2.25. The van der Waals surface area contributed by atoms with E-state index >= 15 is 0 Å². The Morgan fingerprint density at radius 2 is 1.71 bits per heavy atom. The molecule has 0 aromatic heterocycles. The minimum absolute atomic E-state index is 0.0514. The Morgan fingerprint density at radius 1 is 1.10 bits per heavy atom. The summed E-state index contributed by atoms with van der Waals surface area (Å²) in [5.41, 5.74) is 0.647. The largest absolute Gasteiger partial charge is 0.493 e. The van der Waals surface area contributed by atoms with Crippen molar-refractivity contribution in [3.63, 3.8) is 0 Å². The van der Waals surface area contributed by atoms with Crippen LogP contribution in [-0.4, -0.2) is 38.1 Å². The molecule has 0 heterocycles. The first kappa shape index (κ1) is 15.7. The van der Waals surface area contributed by atoms with Crippen molar-refractivity contribution in [1.29, 1.82) is 0 Å². The summed E-state index contributed by atoms with van der Waals surface area (Å²) in [5, 5.41) is 0. The van der Waals surface area contributed by atoms with Crippen LogP contribution in [0.15, 0.2) is 18.2 Å². The fourth-order valence-corrected chi connectivity index (χ4v) is 2.97. The topological polar surface area (TPSA) is 38.8 Å². The molecule has 4 nitrogen and oxygen atoms in total. The Hall–Kier alpha value is -1.71. The van der Waals surface area contributed by atoms with Gasteiger partial charge < -0.3 is 14.4 Å². The van der Waals surface area contributed by atoms with Crippen LogP contribution in [0, 0.1) is 5.92 Å². The Morgan fingerprint density at radius 3 is 2.29 bits per heavy atom. The zero-order valence-corrected chi connectivity index (χ0v) is 13.4.